The molecular weight excluding hydrogens is 293 g/mol. The van der Waals surface area contributed by atoms with Crippen LogP contribution in [0.2, 0.25) is 0 Å². The fourth-order valence-electron chi connectivity index (χ4n) is 2.66. The van der Waals surface area contributed by atoms with Crippen LogP contribution in [-0.2, 0) is 0 Å². The van der Waals surface area contributed by atoms with Crippen LogP contribution in [0.5, 0.6) is 0 Å². The summed E-state index contributed by atoms with van der Waals surface area (Å²) in [4.78, 5) is 25.5. The van der Waals surface area contributed by atoms with Crippen LogP contribution in [0.1, 0.15) is 39.6 Å². The van der Waals surface area contributed by atoms with Gasteiger partial charge in [-0.05, 0) is 48.7 Å². The van der Waals surface area contributed by atoms with Gasteiger partial charge in [0.25, 0.3) is 5.91 Å². The van der Waals surface area contributed by atoms with Gasteiger partial charge in [0, 0.05) is 23.9 Å². The second-order valence-electron chi connectivity index (χ2n) is 5.55. The van der Waals surface area contributed by atoms with E-state index in [1.54, 1.807) is 23.2 Å². The van der Waals surface area contributed by atoms with Crippen molar-refractivity contribution in [2.24, 2.45) is 0 Å². The average molecular weight is 309 g/mol. The summed E-state index contributed by atoms with van der Waals surface area (Å²) < 4.78 is 13.3. The number of rotatable bonds is 3. The Balaban J connectivity index is 1.85. The Labute approximate surface area is 134 Å². The average Bonchev–Trinajstić information content (AvgIpc) is 3.04. The number of benzene rings is 2. The second-order valence-corrected chi connectivity index (χ2v) is 5.55. The van der Waals surface area contributed by atoms with Crippen LogP contribution in [0.25, 0.3) is 5.57 Å². The van der Waals surface area contributed by atoms with Gasteiger partial charge < -0.3 is 4.90 Å². The van der Waals surface area contributed by atoms with E-state index < -0.39 is 5.82 Å². The van der Waals surface area contributed by atoms with Crippen LogP contribution in [0.3, 0.4) is 0 Å². The van der Waals surface area contributed by atoms with Crippen molar-refractivity contribution in [2.75, 3.05) is 6.54 Å². The van der Waals surface area contributed by atoms with E-state index in [4.69, 9.17) is 0 Å². The van der Waals surface area contributed by atoms with Crippen LogP contribution >= 0.6 is 0 Å². The minimum atomic E-state index is -0.423. The maximum Gasteiger partial charge on any atom is 0.257 e. The summed E-state index contributed by atoms with van der Waals surface area (Å²) in [5.74, 6) is -0.631. The topological polar surface area (TPSA) is 37.4 Å². The fraction of sp³-hybridized carbons (Fsp3) is 0.158. The molecule has 0 atom stereocenters. The highest BCUT2D eigenvalue weighted by Gasteiger charge is 2.21. The van der Waals surface area contributed by atoms with Crippen molar-refractivity contribution in [1.82, 2.24) is 4.90 Å². The van der Waals surface area contributed by atoms with Crippen LogP contribution in [0, 0.1) is 5.82 Å². The molecule has 2 aromatic rings. The number of amides is 1. The van der Waals surface area contributed by atoms with Crippen molar-refractivity contribution in [1.29, 1.82) is 0 Å². The summed E-state index contributed by atoms with van der Waals surface area (Å²) in [5.41, 5.74) is 2.92. The first kappa shape index (κ1) is 15.2. The molecule has 0 aromatic heterocycles. The van der Waals surface area contributed by atoms with E-state index in [-0.39, 0.29) is 11.7 Å². The van der Waals surface area contributed by atoms with E-state index in [2.05, 4.69) is 0 Å². The third kappa shape index (κ3) is 3.21. The van der Waals surface area contributed by atoms with Gasteiger partial charge in [0.1, 0.15) is 5.82 Å². The molecule has 0 aliphatic carbocycles. The van der Waals surface area contributed by atoms with Crippen molar-refractivity contribution in [3.8, 4) is 0 Å². The normalized spacial score (nSPS) is 13.8. The zero-order valence-corrected chi connectivity index (χ0v) is 12.8. The summed E-state index contributed by atoms with van der Waals surface area (Å²) in [5, 5.41) is 0. The highest BCUT2D eigenvalue weighted by atomic mass is 19.1. The van der Waals surface area contributed by atoms with Gasteiger partial charge in [-0.3, -0.25) is 9.59 Å². The number of ketones is 1. The quantitative estimate of drug-likeness (QED) is 0.806. The molecule has 1 heterocycles. The maximum absolute atomic E-state index is 13.3. The molecule has 23 heavy (non-hydrogen) atoms. The number of hydrogen-bond acceptors (Lipinski definition) is 2. The van der Waals surface area contributed by atoms with Gasteiger partial charge in [-0.1, -0.05) is 24.3 Å². The van der Waals surface area contributed by atoms with Gasteiger partial charge in [-0.2, -0.15) is 0 Å². The summed E-state index contributed by atoms with van der Waals surface area (Å²) >= 11 is 0. The molecule has 0 N–H and O–H groups in total. The third-order valence-electron chi connectivity index (χ3n) is 3.91. The number of halogens is 1. The van der Waals surface area contributed by atoms with Gasteiger partial charge in [0.05, 0.1) is 0 Å². The van der Waals surface area contributed by atoms with Gasteiger partial charge in [-0.15, -0.1) is 0 Å². The van der Waals surface area contributed by atoms with E-state index >= 15 is 0 Å². The molecular formula is C19H16FNO2. The van der Waals surface area contributed by atoms with E-state index in [0.717, 1.165) is 11.1 Å². The van der Waals surface area contributed by atoms with E-state index in [1.807, 2.05) is 18.2 Å². The molecule has 0 spiro atoms. The van der Waals surface area contributed by atoms with E-state index in [0.29, 0.717) is 24.1 Å². The molecule has 4 heteroatoms. The summed E-state index contributed by atoms with van der Waals surface area (Å²) in [7, 11) is 0. The standard InChI is InChI=1S/C19H16FNO2/c1-13(22)14-4-2-5-15(10-14)17-8-9-21(12-17)19(23)16-6-3-7-18(20)11-16/h2-7,10-12H,8-9H2,1H3. The van der Waals surface area contributed by atoms with Crippen molar-refractivity contribution in [3.63, 3.8) is 0 Å². The first-order chi connectivity index (χ1) is 11.0. The van der Waals surface area contributed by atoms with Gasteiger partial charge >= 0.3 is 0 Å². The lowest BCUT2D eigenvalue weighted by atomic mass is 10.0. The van der Waals surface area contributed by atoms with Crippen LogP contribution < -0.4 is 0 Å². The Bertz CT molecular complexity index is 811. The molecule has 0 bridgehead atoms. The van der Waals surface area contributed by atoms with Crippen molar-refractivity contribution in [3.05, 3.63) is 77.2 Å². The first-order valence-corrected chi connectivity index (χ1v) is 7.43. The second kappa shape index (κ2) is 6.16. The fourth-order valence-corrected chi connectivity index (χ4v) is 2.66. The smallest absolute Gasteiger partial charge is 0.257 e. The number of hydrogen-bond donors (Lipinski definition) is 0. The Morgan fingerprint density at radius 2 is 1.78 bits per heavy atom. The first-order valence-electron chi connectivity index (χ1n) is 7.43. The zero-order valence-electron chi connectivity index (χ0n) is 12.8. The van der Waals surface area contributed by atoms with Gasteiger partial charge in [0.15, 0.2) is 5.78 Å². The lowest BCUT2D eigenvalue weighted by molar-refractivity contribution is 0.0832. The lowest BCUT2D eigenvalue weighted by Crippen LogP contribution is -2.23. The SMILES string of the molecule is CC(=O)c1cccc(C2=CN(C(=O)c3cccc(F)c3)CC2)c1. The molecule has 1 aliphatic heterocycles. The number of carbonyl (C=O) groups is 2. The highest BCUT2D eigenvalue weighted by Crippen LogP contribution is 2.27. The van der Waals surface area contributed by atoms with E-state index in [9.17, 15) is 14.0 Å². The minimum absolute atomic E-state index is 0.0122. The maximum atomic E-state index is 13.3. The Hall–Kier alpha value is -2.75. The number of nitrogens with zero attached hydrogens (tertiary/aromatic N) is 1. The predicted molar refractivity (Wildman–Crippen MR) is 86.5 cm³/mol. The van der Waals surface area contributed by atoms with Crippen LogP contribution in [-0.4, -0.2) is 23.1 Å². The molecule has 3 nitrogen and oxygen atoms in total. The Kier molecular flexibility index (Phi) is 4.06. The molecule has 116 valence electrons. The molecule has 1 amide bonds. The zero-order chi connectivity index (χ0) is 16.4. The lowest BCUT2D eigenvalue weighted by Gasteiger charge is -2.12. The van der Waals surface area contributed by atoms with Crippen LogP contribution in [0.4, 0.5) is 4.39 Å². The van der Waals surface area contributed by atoms with Crippen molar-refractivity contribution in [2.45, 2.75) is 13.3 Å². The Morgan fingerprint density at radius 1 is 1.04 bits per heavy atom. The molecule has 3 rings (SSSR count). The molecule has 0 saturated heterocycles. The summed E-state index contributed by atoms with van der Waals surface area (Å²) in [6.07, 6.45) is 2.49. The number of Topliss-reactive ketones (excluding diaryl/α,β-unsaturated/α-hetero) is 1. The summed E-state index contributed by atoms with van der Waals surface area (Å²) in [6.45, 7) is 2.08. The molecule has 0 radical (unpaired) electrons. The predicted octanol–water partition coefficient (Wildman–Crippen LogP) is 3.92. The third-order valence-corrected chi connectivity index (χ3v) is 3.91. The molecule has 2 aromatic carbocycles. The van der Waals surface area contributed by atoms with Gasteiger partial charge in [-0.25, -0.2) is 4.39 Å². The van der Waals surface area contributed by atoms with Gasteiger partial charge in [0.2, 0.25) is 0 Å². The highest BCUT2D eigenvalue weighted by molar-refractivity contribution is 5.97. The van der Waals surface area contributed by atoms with Crippen molar-refractivity contribution >= 4 is 17.3 Å². The Morgan fingerprint density at radius 3 is 2.52 bits per heavy atom. The summed E-state index contributed by atoms with van der Waals surface area (Å²) in [6, 6.07) is 13.1. The molecule has 0 fully saturated rings. The monoisotopic (exact) mass is 309 g/mol. The van der Waals surface area contributed by atoms with Crippen molar-refractivity contribution < 1.29 is 14.0 Å². The largest absolute Gasteiger partial charge is 0.314 e. The minimum Gasteiger partial charge on any atom is -0.314 e. The number of carbonyl (C=O) groups excluding carboxylic acids is 2. The molecule has 1 aliphatic rings. The van der Waals surface area contributed by atoms with E-state index in [1.165, 1.54) is 25.1 Å². The van der Waals surface area contributed by atoms with Crippen LogP contribution in [0.15, 0.2) is 54.7 Å². The molecule has 0 saturated carbocycles. The molecule has 0 unspecified atom stereocenters.